The van der Waals surface area contributed by atoms with Gasteiger partial charge in [-0.1, -0.05) is 30.3 Å². The highest BCUT2D eigenvalue weighted by Gasteiger charge is 2.39. The monoisotopic (exact) mass is 266 g/mol. The van der Waals surface area contributed by atoms with Crippen molar-refractivity contribution < 1.29 is 4.79 Å². The molecular weight excluding hydrogens is 248 g/mol. The van der Waals surface area contributed by atoms with Crippen LogP contribution in [0.1, 0.15) is 24.3 Å². The van der Waals surface area contributed by atoms with Crippen LogP contribution in [-0.4, -0.2) is 29.9 Å². The summed E-state index contributed by atoms with van der Waals surface area (Å²) in [7, 11) is 0. The van der Waals surface area contributed by atoms with Gasteiger partial charge in [0.25, 0.3) is 0 Å². The Hall–Kier alpha value is -1.06. The number of nitrogens with zero attached hydrogens (tertiary/aromatic N) is 1. The Morgan fingerprint density at radius 2 is 1.83 bits per heavy atom. The molecule has 0 spiro atoms. The average molecular weight is 267 g/mol. The van der Waals surface area contributed by atoms with Crippen molar-refractivity contribution >= 4 is 18.3 Å². The summed E-state index contributed by atoms with van der Waals surface area (Å²) in [5, 5.41) is 0. The second kappa shape index (κ2) is 5.29. The molecule has 98 valence electrons. The summed E-state index contributed by atoms with van der Waals surface area (Å²) in [6, 6.07) is 10.4. The van der Waals surface area contributed by atoms with Crippen LogP contribution in [-0.2, 0) is 4.79 Å². The van der Waals surface area contributed by atoms with Gasteiger partial charge in [-0.3, -0.25) is 4.79 Å². The maximum Gasteiger partial charge on any atom is 0.225 e. The van der Waals surface area contributed by atoms with Crippen molar-refractivity contribution in [2.75, 3.05) is 13.1 Å². The zero-order chi connectivity index (χ0) is 11.8. The summed E-state index contributed by atoms with van der Waals surface area (Å²) in [6.45, 7) is 1.51. The van der Waals surface area contributed by atoms with E-state index in [2.05, 4.69) is 12.1 Å². The zero-order valence-electron chi connectivity index (χ0n) is 10.3. The quantitative estimate of drug-likeness (QED) is 0.887. The van der Waals surface area contributed by atoms with E-state index in [9.17, 15) is 4.79 Å². The van der Waals surface area contributed by atoms with Crippen molar-refractivity contribution in [3.8, 4) is 0 Å². The number of amides is 1. The van der Waals surface area contributed by atoms with Crippen LogP contribution in [0.25, 0.3) is 0 Å². The Kier molecular flexibility index (Phi) is 3.93. The summed E-state index contributed by atoms with van der Waals surface area (Å²) in [6.07, 6.45) is 2.14. The second-order valence-corrected chi connectivity index (χ2v) is 5.20. The number of rotatable bonds is 2. The normalized spacial score (nSPS) is 26.8. The van der Waals surface area contributed by atoms with Gasteiger partial charge in [-0.05, 0) is 18.4 Å². The molecule has 0 aromatic heterocycles. The smallest absolute Gasteiger partial charge is 0.225 e. The number of carbonyl (C=O) groups excluding carboxylic acids is 1. The van der Waals surface area contributed by atoms with Crippen LogP contribution < -0.4 is 5.73 Å². The van der Waals surface area contributed by atoms with Crippen molar-refractivity contribution in [3.63, 3.8) is 0 Å². The summed E-state index contributed by atoms with van der Waals surface area (Å²) < 4.78 is 0. The Bertz CT molecular complexity index is 419. The number of hydrogen-bond donors (Lipinski definition) is 1. The molecular formula is C14H19ClN2O. The largest absolute Gasteiger partial charge is 0.340 e. The number of hydrogen-bond acceptors (Lipinski definition) is 2. The van der Waals surface area contributed by atoms with Crippen molar-refractivity contribution in [1.29, 1.82) is 0 Å². The van der Waals surface area contributed by atoms with E-state index in [1.807, 2.05) is 23.1 Å². The lowest BCUT2D eigenvalue weighted by Crippen LogP contribution is -2.33. The number of carbonyl (C=O) groups is 1. The molecule has 0 unspecified atom stereocenters. The molecule has 1 saturated heterocycles. The van der Waals surface area contributed by atoms with Crippen LogP contribution in [0.4, 0.5) is 0 Å². The fraction of sp³-hybridized carbons (Fsp3) is 0.500. The van der Waals surface area contributed by atoms with Crippen LogP contribution in [0, 0.1) is 5.92 Å². The molecule has 2 N–H and O–H groups in total. The third kappa shape index (κ3) is 2.52. The Morgan fingerprint density at radius 3 is 2.44 bits per heavy atom. The van der Waals surface area contributed by atoms with E-state index >= 15 is 0 Å². The molecule has 2 fully saturated rings. The van der Waals surface area contributed by atoms with Gasteiger partial charge in [0.2, 0.25) is 5.91 Å². The van der Waals surface area contributed by atoms with Gasteiger partial charge in [0, 0.05) is 31.0 Å². The predicted octanol–water partition coefficient (Wildman–Crippen LogP) is 1.77. The standard InChI is InChI=1S/C14H18N2O.ClH/c15-13-9-16(14(17)11-6-7-11)8-12(13)10-4-2-1-3-5-10;/h1-5,11-13H,6-9,15H2;1H/t12-,13+;/m0./s1. The van der Waals surface area contributed by atoms with Crippen LogP contribution in [0.5, 0.6) is 0 Å². The van der Waals surface area contributed by atoms with Crippen molar-refractivity contribution in [2.45, 2.75) is 24.8 Å². The molecule has 1 aliphatic carbocycles. The molecule has 2 aliphatic rings. The molecule has 1 amide bonds. The molecule has 3 nitrogen and oxygen atoms in total. The molecule has 3 rings (SSSR count). The SMILES string of the molecule is Cl.N[C@@H]1CN(C(=O)C2CC2)C[C@H]1c1ccccc1. The molecule has 1 aliphatic heterocycles. The van der Waals surface area contributed by atoms with Crippen LogP contribution in [0.3, 0.4) is 0 Å². The maximum absolute atomic E-state index is 12.0. The lowest BCUT2D eigenvalue weighted by molar-refractivity contribution is -0.131. The number of benzene rings is 1. The Morgan fingerprint density at radius 1 is 1.17 bits per heavy atom. The summed E-state index contributed by atoms with van der Waals surface area (Å²) in [5.74, 6) is 0.925. The van der Waals surface area contributed by atoms with Gasteiger partial charge >= 0.3 is 0 Å². The molecule has 1 heterocycles. The fourth-order valence-corrected chi connectivity index (χ4v) is 2.65. The summed E-state index contributed by atoms with van der Waals surface area (Å²) in [5.41, 5.74) is 7.42. The number of nitrogens with two attached hydrogens (primary N) is 1. The molecule has 1 saturated carbocycles. The van der Waals surface area contributed by atoms with E-state index in [4.69, 9.17) is 5.73 Å². The highest BCUT2D eigenvalue weighted by atomic mass is 35.5. The molecule has 0 bridgehead atoms. The van der Waals surface area contributed by atoms with Gasteiger partial charge in [0.15, 0.2) is 0 Å². The predicted molar refractivity (Wildman–Crippen MR) is 73.7 cm³/mol. The van der Waals surface area contributed by atoms with Crippen LogP contribution in [0.2, 0.25) is 0 Å². The third-order valence-corrected chi connectivity index (χ3v) is 3.83. The van der Waals surface area contributed by atoms with E-state index < -0.39 is 0 Å². The molecule has 1 aromatic carbocycles. The van der Waals surface area contributed by atoms with E-state index in [0.29, 0.717) is 17.7 Å². The van der Waals surface area contributed by atoms with Gasteiger partial charge in [0.05, 0.1) is 0 Å². The first-order chi connectivity index (χ1) is 8.25. The van der Waals surface area contributed by atoms with Gasteiger partial charge in [-0.25, -0.2) is 0 Å². The van der Waals surface area contributed by atoms with Crippen molar-refractivity contribution in [3.05, 3.63) is 35.9 Å². The molecule has 2 atom stereocenters. The van der Waals surface area contributed by atoms with Crippen molar-refractivity contribution in [1.82, 2.24) is 4.90 Å². The lowest BCUT2D eigenvalue weighted by Gasteiger charge is -2.16. The van der Waals surface area contributed by atoms with Crippen LogP contribution >= 0.6 is 12.4 Å². The minimum atomic E-state index is 0. The molecule has 0 radical (unpaired) electrons. The highest BCUT2D eigenvalue weighted by Crippen LogP contribution is 2.34. The first kappa shape index (κ1) is 13.4. The van der Waals surface area contributed by atoms with E-state index in [1.54, 1.807) is 0 Å². The number of halogens is 1. The first-order valence-corrected chi connectivity index (χ1v) is 6.35. The van der Waals surface area contributed by atoms with Gasteiger partial charge in [0.1, 0.15) is 0 Å². The summed E-state index contributed by atoms with van der Waals surface area (Å²) >= 11 is 0. The van der Waals surface area contributed by atoms with Gasteiger partial charge in [-0.2, -0.15) is 0 Å². The van der Waals surface area contributed by atoms with Gasteiger partial charge < -0.3 is 10.6 Å². The Labute approximate surface area is 114 Å². The van der Waals surface area contributed by atoms with E-state index in [-0.39, 0.29) is 18.4 Å². The molecule has 1 aromatic rings. The maximum atomic E-state index is 12.0. The summed E-state index contributed by atoms with van der Waals surface area (Å²) in [4.78, 5) is 14.0. The molecule has 18 heavy (non-hydrogen) atoms. The number of likely N-dealkylation sites (tertiary alicyclic amines) is 1. The van der Waals surface area contributed by atoms with Crippen LogP contribution in [0.15, 0.2) is 30.3 Å². The van der Waals surface area contributed by atoms with E-state index in [0.717, 1.165) is 25.9 Å². The zero-order valence-corrected chi connectivity index (χ0v) is 11.1. The minimum Gasteiger partial charge on any atom is -0.340 e. The van der Waals surface area contributed by atoms with Gasteiger partial charge in [-0.15, -0.1) is 12.4 Å². The third-order valence-electron chi connectivity index (χ3n) is 3.83. The fourth-order valence-electron chi connectivity index (χ4n) is 2.65. The van der Waals surface area contributed by atoms with Crippen molar-refractivity contribution in [2.24, 2.45) is 11.7 Å². The lowest BCUT2D eigenvalue weighted by atomic mass is 9.95. The molecule has 4 heteroatoms. The minimum absolute atomic E-state index is 0. The topological polar surface area (TPSA) is 46.3 Å². The highest BCUT2D eigenvalue weighted by molar-refractivity contribution is 5.85. The average Bonchev–Trinajstić information content (AvgIpc) is 3.13. The Balaban J connectivity index is 0.00000120. The van der Waals surface area contributed by atoms with E-state index in [1.165, 1.54) is 5.56 Å². The second-order valence-electron chi connectivity index (χ2n) is 5.20. The first-order valence-electron chi connectivity index (χ1n) is 6.35.